The van der Waals surface area contributed by atoms with Crippen LogP contribution in [0, 0.1) is 29.1 Å². The molecule has 0 radical (unpaired) electrons. The Bertz CT molecular complexity index is 697. The largest absolute Gasteiger partial charge is 0.278 e. The molecule has 0 aromatic heterocycles. The molecule has 3 atom stereocenters. The smallest absolute Gasteiger partial charge is 0.234 e. The highest BCUT2D eigenvalue weighted by Gasteiger charge is 2.50. The first-order valence-corrected chi connectivity index (χ1v) is 7.53. The summed E-state index contributed by atoms with van der Waals surface area (Å²) in [6.07, 6.45) is 2.79. The summed E-state index contributed by atoms with van der Waals surface area (Å²) in [7, 11) is 0. The molecule has 0 spiro atoms. The lowest BCUT2D eigenvalue weighted by Crippen LogP contribution is -2.31. The van der Waals surface area contributed by atoms with Crippen molar-refractivity contribution in [3.8, 4) is 6.07 Å². The molecule has 0 N–H and O–H groups in total. The Hall–Kier alpha value is -2.41. The van der Waals surface area contributed by atoms with Crippen LogP contribution in [0.2, 0.25) is 0 Å². The van der Waals surface area contributed by atoms with Gasteiger partial charge in [-0.2, -0.15) is 5.26 Å². The Labute approximate surface area is 130 Å². The van der Waals surface area contributed by atoms with Crippen molar-refractivity contribution >= 4 is 11.8 Å². The van der Waals surface area contributed by atoms with Gasteiger partial charge in [0.15, 0.2) is 0 Å². The van der Waals surface area contributed by atoms with Crippen LogP contribution in [-0.4, -0.2) is 16.7 Å². The van der Waals surface area contributed by atoms with Crippen LogP contribution in [0.5, 0.6) is 0 Å². The highest BCUT2D eigenvalue weighted by molar-refractivity contribution is 6.05. The summed E-state index contributed by atoms with van der Waals surface area (Å²) in [5.74, 6) is -0.420. The van der Waals surface area contributed by atoms with E-state index in [4.69, 9.17) is 5.26 Å². The minimum absolute atomic E-state index is 0.0568. The lowest BCUT2D eigenvalue weighted by Gasteiger charge is -2.25. The first-order valence-electron chi connectivity index (χ1n) is 7.53. The third-order valence-corrected chi connectivity index (χ3v) is 4.65. The van der Waals surface area contributed by atoms with Gasteiger partial charge in [0.2, 0.25) is 11.8 Å². The number of hydrogen-bond donors (Lipinski definition) is 0. The number of amides is 2. The topological polar surface area (TPSA) is 61.2 Å². The molecule has 22 heavy (non-hydrogen) atoms. The van der Waals surface area contributed by atoms with Crippen LogP contribution in [0.1, 0.15) is 31.4 Å². The number of benzene rings is 1. The van der Waals surface area contributed by atoms with E-state index in [-0.39, 0.29) is 29.6 Å². The number of rotatable bonds is 2. The molecule has 4 nitrogen and oxygen atoms in total. The second kappa shape index (κ2) is 5.42. The fraction of sp³-hybridized carbons (Fsp3) is 0.389. The third-order valence-electron chi connectivity index (χ3n) is 4.65. The minimum Gasteiger partial charge on any atom is -0.278 e. The van der Waals surface area contributed by atoms with Crippen LogP contribution in [0.4, 0.5) is 0 Å². The Kier molecular flexibility index (Phi) is 3.58. The first-order chi connectivity index (χ1) is 10.5. The van der Waals surface area contributed by atoms with Gasteiger partial charge in [0.05, 0.1) is 30.0 Å². The molecule has 4 heteroatoms. The highest BCUT2D eigenvalue weighted by atomic mass is 16.2. The lowest BCUT2D eigenvalue weighted by molar-refractivity contribution is -0.140. The van der Waals surface area contributed by atoms with Crippen LogP contribution < -0.4 is 0 Å². The van der Waals surface area contributed by atoms with Gasteiger partial charge in [-0.3, -0.25) is 14.5 Å². The number of fused-ring (bicyclic) bond motifs is 1. The molecule has 0 saturated carbocycles. The van der Waals surface area contributed by atoms with E-state index in [1.807, 2.05) is 13.8 Å². The minimum atomic E-state index is -0.213. The van der Waals surface area contributed by atoms with E-state index in [1.54, 1.807) is 24.3 Å². The van der Waals surface area contributed by atoms with Crippen molar-refractivity contribution in [1.29, 1.82) is 5.26 Å². The number of carbonyl (C=O) groups excluding carboxylic acids is 2. The molecular weight excluding hydrogens is 276 g/mol. The number of imide groups is 1. The second-order valence-corrected chi connectivity index (χ2v) is 6.28. The first kappa shape index (κ1) is 14.5. The van der Waals surface area contributed by atoms with Crippen LogP contribution in [0.3, 0.4) is 0 Å². The van der Waals surface area contributed by atoms with Crippen LogP contribution >= 0.6 is 0 Å². The van der Waals surface area contributed by atoms with Gasteiger partial charge in [-0.15, -0.1) is 0 Å². The standard InChI is InChI=1S/C18H18N2O2/c1-11-7-12(2)16-15(8-11)17(21)20(18(16)22)10-14-5-3-13(9-19)4-6-14/h3-7,12,15-16H,8,10H2,1-2H3/t12-,15+,16-/m1/s1. The monoisotopic (exact) mass is 294 g/mol. The van der Waals surface area contributed by atoms with Crippen molar-refractivity contribution in [2.75, 3.05) is 0 Å². The van der Waals surface area contributed by atoms with Gasteiger partial charge in [0, 0.05) is 0 Å². The molecule has 1 aliphatic heterocycles. The summed E-state index contributed by atoms with van der Waals surface area (Å²) < 4.78 is 0. The molecule has 1 aromatic carbocycles. The summed E-state index contributed by atoms with van der Waals surface area (Å²) in [5.41, 5.74) is 2.64. The van der Waals surface area contributed by atoms with Gasteiger partial charge >= 0.3 is 0 Å². The van der Waals surface area contributed by atoms with E-state index in [9.17, 15) is 9.59 Å². The molecule has 1 fully saturated rings. The molecule has 112 valence electrons. The van der Waals surface area contributed by atoms with E-state index in [0.29, 0.717) is 18.5 Å². The van der Waals surface area contributed by atoms with Crippen molar-refractivity contribution < 1.29 is 9.59 Å². The lowest BCUT2D eigenvalue weighted by atomic mass is 9.76. The fourth-order valence-electron chi connectivity index (χ4n) is 3.61. The molecule has 2 amide bonds. The zero-order valence-corrected chi connectivity index (χ0v) is 12.7. The molecule has 1 heterocycles. The normalized spacial score (nSPS) is 27.4. The maximum Gasteiger partial charge on any atom is 0.234 e. The molecule has 1 aromatic rings. The summed E-state index contributed by atoms with van der Waals surface area (Å²) in [6, 6.07) is 9.08. The van der Waals surface area contributed by atoms with E-state index >= 15 is 0 Å². The van der Waals surface area contributed by atoms with E-state index < -0.39 is 0 Å². The van der Waals surface area contributed by atoms with Crippen molar-refractivity contribution in [3.63, 3.8) is 0 Å². The van der Waals surface area contributed by atoms with Crippen LogP contribution in [-0.2, 0) is 16.1 Å². The summed E-state index contributed by atoms with van der Waals surface area (Å²) in [5, 5.41) is 8.82. The van der Waals surface area contributed by atoms with Crippen LogP contribution in [0.15, 0.2) is 35.9 Å². The van der Waals surface area contributed by atoms with Crippen molar-refractivity contribution in [2.45, 2.75) is 26.8 Å². The fourth-order valence-corrected chi connectivity index (χ4v) is 3.61. The Morgan fingerprint density at radius 2 is 1.91 bits per heavy atom. The Morgan fingerprint density at radius 3 is 2.55 bits per heavy atom. The average Bonchev–Trinajstić information content (AvgIpc) is 2.73. The van der Waals surface area contributed by atoms with E-state index in [2.05, 4.69) is 12.1 Å². The predicted octanol–water partition coefficient (Wildman–Crippen LogP) is 2.65. The van der Waals surface area contributed by atoms with Crippen LogP contribution in [0.25, 0.3) is 0 Å². The molecule has 1 saturated heterocycles. The number of hydrogen-bond acceptors (Lipinski definition) is 3. The van der Waals surface area contributed by atoms with Crippen molar-refractivity contribution in [2.24, 2.45) is 17.8 Å². The summed E-state index contributed by atoms with van der Waals surface area (Å²) in [4.78, 5) is 26.6. The molecule has 2 aliphatic rings. The number of carbonyl (C=O) groups is 2. The summed E-state index contributed by atoms with van der Waals surface area (Å²) in [6.45, 7) is 4.33. The van der Waals surface area contributed by atoms with Gasteiger partial charge in [0.25, 0.3) is 0 Å². The zero-order chi connectivity index (χ0) is 15.9. The third kappa shape index (κ3) is 2.33. The van der Waals surface area contributed by atoms with Crippen molar-refractivity contribution in [1.82, 2.24) is 4.90 Å². The molecule has 1 aliphatic carbocycles. The predicted molar refractivity (Wildman–Crippen MR) is 81.2 cm³/mol. The number of nitrogens with zero attached hydrogens (tertiary/aromatic N) is 2. The molecule has 3 rings (SSSR count). The highest BCUT2D eigenvalue weighted by Crippen LogP contribution is 2.41. The number of nitriles is 1. The number of likely N-dealkylation sites (tertiary alicyclic amines) is 1. The van der Waals surface area contributed by atoms with E-state index in [1.165, 1.54) is 10.5 Å². The molecule has 0 unspecified atom stereocenters. The maximum atomic E-state index is 12.6. The maximum absolute atomic E-state index is 12.6. The Morgan fingerprint density at radius 1 is 1.23 bits per heavy atom. The van der Waals surface area contributed by atoms with Gasteiger partial charge in [0.1, 0.15) is 0 Å². The summed E-state index contributed by atoms with van der Waals surface area (Å²) >= 11 is 0. The second-order valence-electron chi connectivity index (χ2n) is 6.28. The van der Waals surface area contributed by atoms with Gasteiger partial charge in [-0.05, 0) is 37.0 Å². The van der Waals surface area contributed by atoms with Crippen molar-refractivity contribution in [3.05, 3.63) is 47.0 Å². The van der Waals surface area contributed by atoms with E-state index in [0.717, 1.165) is 5.56 Å². The van der Waals surface area contributed by atoms with Gasteiger partial charge in [-0.25, -0.2) is 0 Å². The zero-order valence-electron chi connectivity index (χ0n) is 12.7. The average molecular weight is 294 g/mol. The van der Waals surface area contributed by atoms with Gasteiger partial charge < -0.3 is 0 Å². The number of allylic oxidation sites excluding steroid dienone is 2. The molecule has 0 bridgehead atoms. The van der Waals surface area contributed by atoms with Gasteiger partial charge in [-0.1, -0.05) is 30.7 Å². The SMILES string of the molecule is CC1=C[C@@H](C)[C@H]2C(=O)N(Cc3ccc(C#N)cc3)C(=O)[C@H]2C1. The quantitative estimate of drug-likeness (QED) is 0.622. The molecular formula is C18H18N2O2. The Balaban J connectivity index is 1.82.